The van der Waals surface area contributed by atoms with Crippen molar-refractivity contribution >= 4 is 73.3 Å². The van der Waals surface area contributed by atoms with Crippen LogP contribution >= 0.6 is 39.9 Å². The molecule has 2 aromatic rings. The van der Waals surface area contributed by atoms with Crippen molar-refractivity contribution in [2.24, 2.45) is 0 Å². The summed E-state index contributed by atoms with van der Waals surface area (Å²) in [4.78, 5) is 40.7. The molecule has 1 saturated heterocycles. The second-order valence-corrected chi connectivity index (χ2v) is 9.62. The number of amides is 2. The van der Waals surface area contributed by atoms with Crippen LogP contribution in [0.5, 0.6) is 0 Å². The van der Waals surface area contributed by atoms with Crippen molar-refractivity contribution in [3.05, 3.63) is 69.0 Å². The smallest absolute Gasteiger partial charge is 0.303 e. The fraction of sp³-hybridized carbons (Fsp3) is 0.182. The van der Waals surface area contributed by atoms with Crippen molar-refractivity contribution in [3.8, 4) is 0 Å². The molecule has 31 heavy (non-hydrogen) atoms. The van der Waals surface area contributed by atoms with E-state index in [1.165, 1.54) is 4.90 Å². The van der Waals surface area contributed by atoms with Gasteiger partial charge in [-0.1, -0.05) is 70.2 Å². The summed E-state index contributed by atoms with van der Waals surface area (Å²) in [6.45, 7) is 0.595. The van der Waals surface area contributed by atoms with Crippen LogP contribution in [0, 0.1) is 0 Å². The Kier molecular flexibility index (Phi) is 6.27. The van der Waals surface area contributed by atoms with Crippen LogP contribution in [0.4, 0.5) is 5.69 Å². The largest absolute Gasteiger partial charge is 0.481 e. The lowest BCUT2D eigenvalue weighted by Gasteiger charge is -2.17. The van der Waals surface area contributed by atoms with Crippen LogP contribution in [-0.2, 0) is 20.9 Å². The maximum absolute atomic E-state index is 13.5. The van der Waals surface area contributed by atoms with E-state index in [4.69, 9.17) is 17.3 Å². The van der Waals surface area contributed by atoms with Gasteiger partial charge < -0.3 is 10.0 Å². The molecule has 2 aliphatic heterocycles. The number of halogens is 1. The molecule has 4 rings (SSSR count). The fourth-order valence-corrected chi connectivity index (χ4v) is 5.32. The molecular weight excluding hydrogens is 500 g/mol. The molecule has 158 valence electrons. The second kappa shape index (κ2) is 8.94. The number of carboxylic acids is 1. The predicted octanol–water partition coefficient (Wildman–Crippen LogP) is 4.43. The van der Waals surface area contributed by atoms with Crippen molar-refractivity contribution in [2.75, 3.05) is 11.4 Å². The summed E-state index contributed by atoms with van der Waals surface area (Å²) >= 11 is 9.91. The monoisotopic (exact) mass is 516 g/mol. The molecule has 0 aromatic heterocycles. The van der Waals surface area contributed by atoms with Crippen LogP contribution in [0.2, 0.25) is 0 Å². The third-order valence-corrected chi connectivity index (χ3v) is 6.95. The van der Waals surface area contributed by atoms with E-state index in [9.17, 15) is 14.4 Å². The fourth-order valence-electron chi connectivity index (χ4n) is 3.58. The summed E-state index contributed by atoms with van der Waals surface area (Å²) in [6.07, 6.45) is 0.239. The van der Waals surface area contributed by atoms with E-state index in [2.05, 4.69) is 15.9 Å². The molecule has 0 bridgehead atoms. The predicted molar refractivity (Wildman–Crippen MR) is 127 cm³/mol. The van der Waals surface area contributed by atoms with E-state index in [1.807, 2.05) is 48.5 Å². The third-order valence-electron chi connectivity index (χ3n) is 5.01. The van der Waals surface area contributed by atoms with Gasteiger partial charge in [-0.25, -0.2) is 0 Å². The zero-order valence-corrected chi connectivity index (χ0v) is 19.4. The molecule has 9 heteroatoms. The Morgan fingerprint density at radius 3 is 2.52 bits per heavy atom. The zero-order chi connectivity index (χ0) is 22.1. The number of hydrogen-bond acceptors (Lipinski definition) is 5. The molecule has 0 atom stereocenters. The van der Waals surface area contributed by atoms with Gasteiger partial charge in [-0.2, -0.15) is 0 Å². The van der Waals surface area contributed by atoms with Gasteiger partial charge >= 0.3 is 5.97 Å². The Morgan fingerprint density at radius 2 is 1.81 bits per heavy atom. The Labute approximate surface area is 197 Å². The number of hydrogen-bond donors (Lipinski definition) is 1. The summed E-state index contributed by atoms with van der Waals surface area (Å²) < 4.78 is 1.14. The highest BCUT2D eigenvalue weighted by molar-refractivity contribution is 9.10. The molecule has 2 aliphatic rings. The first-order chi connectivity index (χ1) is 14.9. The molecule has 2 aromatic carbocycles. The minimum Gasteiger partial charge on any atom is -0.481 e. The number of aliphatic carboxylic acids is 1. The number of thiocarbonyl (C=S) groups is 1. The first kappa shape index (κ1) is 21.7. The first-order valence-corrected chi connectivity index (χ1v) is 11.5. The zero-order valence-electron chi connectivity index (χ0n) is 16.2. The maximum Gasteiger partial charge on any atom is 0.303 e. The summed E-state index contributed by atoms with van der Waals surface area (Å²) in [5.74, 6) is -1.52. The first-order valence-electron chi connectivity index (χ1n) is 9.52. The molecule has 2 heterocycles. The SMILES string of the molecule is O=C(O)CCCN1C(=O)C(=C2C(=O)N(Cc3ccccc3)c3ccc(Br)cc32)SC1=S. The summed E-state index contributed by atoms with van der Waals surface area (Å²) in [5.41, 5.74) is 2.74. The van der Waals surface area contributed by atoms with E-state index in [0.29, 0.717) is 33.3 Å². The van der Waals surface area contributed by atoms with Gasteiger partial charge in [0.2, 0.25) is 0 Å². The number of anilines is 1. The number of carboxylic acid groups (broad SMARTS) is 1. The number of benzene rings is 2. The molecule has 2 amide bonds. The van der Waals surface area contributed by atoms with Crippen molar-refractivity contribution in [1.82, 2.24) is 4.90 Å². The molecule has 6 nitrogen and oxygen atoms in total. The number of carbonyl (C=O) groups excluding carboxylic acids is 2. The summed E-state index contributed by atoms with van der Waals surface area (Å²) in [6, 6.07) is 15.2. The van der Waals surface area contributed by atoms with Gasteiger partial charge in [0.15, 0.2) is 0 Å². The van der Waals surface area contributed by atoms with Gasteiger partial charge in [-0.3, -0.25) is 19.3 Å². The normalized spacial score (nSPS) is 18.2. The number of fused-ring (bicyclic) bond motifs is 1. The van der Waals surface area contributed by atoms with E-state index < -0.39 is 5.97 Å². The molecule has 0 aliphatic carbocycles. The Bertz CT molecular complexity index is 1130. The van der Waals surface area contributed by atoms with Gasteiger partial charge in [-0.05, 0) is 30.2 Å². The van der Waals surface area contributed by atoms with Crippen LogP contribution in [0.25, 0.3) is 5.57 Å². The lowest BCUT2D eigenvalue weighted by molar-refractivity contribution is -0.137. The van der Waals surface area contributed by atoms with Gasteiger partial charge in [-0.15, -0.1) is 0 Å². The Balaban J connectivity index is 1.71. The molecule has 0 spiro atoms. The Hall–Kier alpha value is -2.49. The number of thioether (sulfide) groups is 1. The molecular formula is C22H17BrN2O4S2. The average molecular weight is 517 g/mol. The van der Waals surface area contributed by atoms with E-state index in [0.717, 1.165) is 27.5 Å². The van der Waals surface area contributed by atoms with Crippen LogP contribution < -0.4 is 4.90 Å². The van der Waals surface area contributed by atoms with Gasteiger partial charge in [0, 0.05) is 23.0 Å². The lowest BCUT2D eigenvalue weighted by atomic mass is 10.1. The van der Waals surface area contributed by atoms with Crippen LogP contribution in [0.1, 0.15) is 24.0 Å². The summed E-state index contributed by atoms with van der Waals surface area (Å²) in [5, 5.41) is 8.86. The lowest BCUT2D eigenvalue weighted by Crippen LogP contribution is -2.30. The van der Waals surface area contributed by atoms with Crippen molar-refractivity contribution < 1.29 is 19.5 Å². The van der Waals surface area contributed by atoms with Crippen molar-refractivity contribution in [2.45, 2.75) is 19.4 Å². The quantitative estimate of drug-likeness (QED) is 0.451. The molecule has 0 saturated carbocycles. The number of carbonyl (C=O) groups is 3. The molecule has 1 fully saturated rings. The van der Waals surface area contributed by atoms with Crippen LogP contribution in [0.3, 0.4) is 0 Å². The molecule has 0 radical (unpaired) electrons. The van der Waals surface area contributed by atoms with Crippen LogP contribution in [-0.4, -0.2) is 38.7 Å². The minimum atomic E-state index is -0.926. The van der Waals surface area contributed by atoms with Gasteiger partial charge in [0.05, 0.1) is 22.7 Å². The number of nitrogens with zero attached hydrogens (tertiary/aromatic N) is 2. The Morgan fingerprint density at radius 1 is 1.06 bits per heavy atom. The topological polar surface area (TPSA) is 77.9 Å². The van der Waals surface area contributed by atoms with Gasteiger partial charge in [0.25, 0.3) is 11.8 Å². The van der Waals surface area contributed by atoms with E-state index in [-0.39, 0.29) is 24.8 Å². The van der Waals surface area contributed by atoms with E-state index in [1.54, 1.807) is 4.90 Å². The van der Waals surface area contributed by atoms with Crippen molar-refractivity contribution in [3.63, 3.8) is 0 Å². The molecule has 0 unspecified atom stereocenters. The van der Waals surface area contributed by atoms with Crippen molar-refractivity contribution in [1.29, 1.82) is 0 Å². The standard InChI is InChI=1S/C22H17BrN2O4S2/c23-14-8-9-16-15(11-14)18(20(28)25(16)12-13-5-2-1-3-6-13)19-21(29)24(22(30)31-19)10-4-7-17(26)27/h1-3,5-6,8-9,11H,4,7,10,12H2,(H,26,27). The summed E-state index contributed by atoms with van der Waals surface area (Å²) in [7, 11) is 0. The molecule has 1 N–H and O–H groups in total. The number of rotatable bonds is 6. The second-order valence-electron chi connectivity index (χ2n) is 7.06. The highest BCUT2D eigenvalue weighted by atomic mass is 79.9. The van der Waals surface area contributed by atoms with E-state index >= 15 is 0 Å². The van der Waals surface area contributed by atoms with Crippen LogP contribution in [0.15, 0.2) is 57.9 Å². The highest BCUT2D eigenvalue weighted by Crippen LogP contribution is 2.45. The highest BCUT2D eigenvalue weighted by Gasteiger charge is 2.42. The van der Waals surface area contributed by atoms with Gasteiger partial charge in [0.1, 0.15) is 4.32 Å². The average Bonchev–Trinajstić information content (AvgIpc) is 3.15. The minimum absolute atomic E-state index is 0.0530. The maximum atomic E-state index is 13.5. The third kappa shape index (κ3) is 4.30.